The number of quaternary nitrogens is 1. The molecule has 1 aromatic heterocycles. The number of nitrogens with zero attached hydrogens (tertiary/aromatic N) is 2. The van der Waals surface area contributed by atoms with E-state index in [-0.39, 0.29) is 10.6 Å². The van der Waals surface area contributed by atoms with Gasteiger partial charge in [-0.05, 0) is 30.7 Å². The molecule has 144 valence electrons. The van der Waals surface area contributed by atoms with E-state index in [2.05, 4.69) is 4.98 Å². The van der Waals surface area contributed by atoms with Crippen molar-refractivity contribution in [1.29, 1.82) is 0 Å². The van der Waals surface area contributed by atoms with Crippen LogP contribution in [0.2, 0.25) is 0 Å². The molecule has 2 atom stereocenters. The SMILES string of the molecule is Cc1ccc2c(c1)[N+](C)(c1nc3c(F)c(F)ccc3s1)C(=O)C(CC(=O)O)O2. The Balaban J connectivity index is 1.97. The summed E-state index contributed by atoms with van der Waals surface area (Å²) in [5, 5.41) is 9.36. The van der Waals surface area contributed by atoms with Crippen LogP contribution in [0.15, 0.2) is 30.3 Å². The number of thiazole rings is 1. The Morgan fingerprint density at radius 3 is 2.79 bits per heavy atom. The van der Waals surface area contributed by atoms with Crippen molar-refractivity contribution in [1.82, 2.24) is 9.47 Å². The van der Waals surface area contributed by atoms with Crippen LogP contribution in [-0.2, 0) is 9.59 Å². The fourth-order valence-electron chi connectivity index (χ4n) is 3.29. The summed E-state index contributed by atoms with van der Waals surface area (Å²) in [6, 6.07) is 7.59. The molecule has 2 unspecified atom stereocenters. The van der Waals surface area contributed by atoms with Crippen molar-refractivity contribution < 1.29 is 28.2 Å². The van der Waals surface area contributed by atoms with E-state index in [1.165, 1.54) is 6.07 Å². The molecule has 28 heavy (non-hydrogen) atoms. The van der Waals surface area contributed by atoms with Crippen LogP contribution in [0.25, 0.3) is 10.2 Å². The Morgan fingerprint density at radius 2 is 2.07 bits per heavy atom. The number of rotatable bonds is 3. The first-order chi connectivity index (χ1) is 13.2. The van der Waals surface area contributed by atoms with Crippen molar-refractivity contribution in [2.75, 3.05) is 7.05 Å². The van der Waals surface area contributed by atoms with Crippen molar-refractivity contribution in [2.45, 2.75) is 19.4 Å². The zero-order valence-electron chi connectivity index (χ0n) is 14.9. The van der Waals surface area contributed by atoms with Gasteiger partial charge in [0.1, 0.15) is 5.52 Å². The van der Waals surface area contributed by atoms with Crippen molar-refractivity contribution in [3.05, 3.63) is 47.5 Å². The number of ether oxygens (including phenoxy) is 1. The summed E-state index contributed by atoms with van der Waals surface area (Å²) in [4.78, 5) is 28.7. The standard InChI is InChI=1S/C19H14F2N2O4S/c1-9-3-5-12-11(7-9)23(2,18(26)13(27-12)8-15(24)25)19-22-17-14(28-19)6-4-10(20)16(17)21/h3-7,13H,8H2,1-2H3/p+1. The van der Waals surface area contributed by atoms with Crippen molar-refractivity contribution in [3.8, 4) is 5.75 Å². The lowest BCUT2D eigenvalue weighted by Gasteiger charge is -2.36. The molecule has 0 spiro atoms. The van der Waals surface area contributed by atoms with Gasteiger partial charge in [0.25, 0.3) is 5.13 Å². The van der Waals surface area contributed by atoms with Gasteiger partial charge in [0.05, 0.1) is 18.2 Å². The Morgan fingerprint density at radius 1 is 1.32 bits per heavy atom. The molecule has 1 aliphatic heterocycles. The number of carbonyl (C=O) groups is 2. The van der Waals surface area contributed by atoms with Gasteiger partial charge in [-0.2, -0.15) is 9.47 Å². The van der Waals surface area contributed by atoms with E-state index < -0.39 is 40.5 Å². The highest BCUT2D eigenvalue weighted by Crippen LogP contribution is 2.47. The normalized spacial score (nSPS) is 21.4. The van der Waals surface area contributed by atoms with Gasteiger partial charge in [-0.1, -0.05) is 17.4 Å². The third kappa shape index (κ3) is 2.66. The predicted octanol–water partition coefficient (Wildman–Crippen LogP) is 3.91. The zero-order chi connectivity index (χ0) is 20.2. The number of fused-ring (bicyclic) bond motifs is 2. The van der Waals surface area contributed by atoms with Crippen molar-refractivity contribution in [2.24, 2.45) is 0 Å². The van der Waals surface area contributed by atoms with Gasteiger partial charge in [-0.15, -0.1) is 0 Å². The van der Waals surface area contributed by atoms with Crippen LogP contribution in [0.1, 0.15) is 12.0 Å². The van der Waals surface area contributed by atoms with E-state index in [9.17, 15) is 18.4 Å². The van der Waals surface area contributed by atoms with Crippen LogP contribution in [0, 0.1) is 18.6 Å². The molecular formula is C19H15F2N2O4S+. The molecule has 4 rings (SSSR count). The summed E-state index contributed by atoms with van der Waals surface area (Å²) in [5.41, 5.74) is 1.16. The van der Waals surface area contributed by atoms with E-state index in [0.29, 0.717) is 16.1 Å². The highest BCUT2D eigenvalue weighted by Gasteiger charge is 2.52. The number of aromatic nitrogens is 1. The van der Waals surface area contributed by atoms with E-state index in [4.69, 9.17) is 9.84 Å². The average molecular weight is 405 g/mol. The minimum Gasteiger partial charge on any atom is -0.481 e. The molecule has 1 amide bonds. The third-order valence-electron chi connectivity index (χ3n) is 4.76. The molecule has 0 saturated heterocycles. The van der Waals surface area contributed by atoms with Crippen LogP contribution in [-0.4, -0.2) is 35.1 Å². The Bertz CT molecular complexity index is 1150. The number of likely N-dealkylation sites (N-methyl/N-ethyl adjacent to an activating group) is 1. The number of carbonyl (C=O) groups excluding carboxylic acids is 1. The minimum atomic E-state index is -1.23. The molecule has 2 aromatic carbocycles. The summed E-state index contributed by atoms with van der Waals surface area (Å²) in [5.74, 6) is -3.48. The summed E-state index contributed by atoms with van der Waals surface area (Å²) in [6.45, 7) is 1.84. The second kappa shape index (κ2) is 6.32. The number of carboxylic acids is 1. The molecule has 9 heteroatoms. The fraction of sp³-hybridized carbons (Fsp3) is 0.211. The second-order valence-corrected chi connectivity index (χ2v) is 7.73. The summed E-state index contributed by atoms with van der Waals surface area (Å²) >= 11 is 1.05. The molecule has 6 nitrogen and oxygen atoms in total. The Kier molecular flexibility index (Phi) is 4.16. The molecular weight excluding hydrogens is 390 g/mol. The largest absolute Gasteiger partial charge is 0.481 e. The number of carboxylic acid groups (broad SMARTS) is 1. The molecule has 0 radical (unpaired) electrons. The quantitative estimate of drug-likeness (QED) is 0.669. The molecule has 3 aromatic rings. The van der Waals surface area contributed by atoms with Gasteiger partial charge in [0.15, 0.2) is 23.1 Å². The topological polar surface area (TPSA) is 76.5 Å². The Hall–Kier alpha value is -2.91. The van der Waals surface area contributed by atoms with Gasteiger partial charge < -0.3 is 9.84 Å². The average Bonchev–Trinajstić information content (AvgIpc) is 3.08. The predicted molar refractivity (Wildman–Crippen MR) is 99.8 cm³/mol. The van der Waals surface area contributed by atoms with Crippen LogP contribution in [0.4, 0.5) is 19.6 Å². The minimum absolute atomic E-state index is 0.164. The van der Waals surface area contributed by atoms with E-state index in [1.807, 2.05) is 6.92 Å². The molecule has 1 N–H and O–H groups in total. The fourth-order valence-corrected chi connectivity index (χ4v) is 4.36. The zero-order valence-corrected chi connectivity index (χ0v) is 15.7. The smallest absolute Gasteiger partial charge is 0.367 e. The molecule has 0 fully saturated rings. The highest BCUT2D eigenvalue weighted by atomic mass is 32.1. The molecule has 0 saturated carbocycles. The van der Waals surface area contributed by atoms with Gasteiger partial charge in [0, 0.05) is 6.07 Å². The number of halogens is 2. The lowest BCUT2D eigenvalue weighted by Crippen LogP contribution is -2.56. The number of benzene rings is 2. The van der Waals surface area contributed by atoms with Crippen LogP contribution in [0.3, 0.4) is 0 Å². The summed E-state index contributed by atoms with van der Waals surface area (Å²) < 4.78 is 33.3. The number of aryl methyl sites for hydroxylation is 1. The molecule has 1 aliphatic rings. The number of aliphatic carboxylic acids is 1. The van der Waals surface area contributed by atoms with Gasteiger partial charge in [0.2, 0.25) is 6.10 Å². The maximum absolute atomic E-state index is 14.2. The lowest BCUT2D eigenvalue weighted by atomic mass is 10.1. The van der Waals surface area contributed by atoms with Crippen LogP contribution >= 0.6 is 11.3 Å². The molecule has 0 aliphatic carbocycles. The Labute approximate surface area is 162 Å². The summed E-state index contributed by atoms with van der Waals surface area (Å²) in [6.07, 6.45) is -1.75. The maximum Gasteiger partial charge on any atom is 0.367 e. The first kappa shape index (κ1) is 18.5. The second-order valence-electron chi connectivity index (χ2n) is 6.72. The lowest BCUT2D eigenvalue weighted by molar-refractivity contribution is -0.146. The van der Waals surface area contributed by atoms with Gasteiger partial charge in [-0.25, -0.2) is 13.6 Å². The third-order valence-corrected chi connectivity index (χ3v) is 5.95. The van der Waals surface area contributed by atoms with E-state index >= 15 is 0 Å². The summed E-state index contributed by atoms with van der Waals surface area (Å²) in [7, 11) is 1.56. The van der Waals surface area contributed by atoms with Gasteiger partial charge in [-0.3, -0.25) is 4.79 Å². The van der Waals surface area contributed by atoms with E-state index in [1.54, 1.807) is 25.2 Å². The monoisotopic (exact) mass is 405 g/mol. The van der Waals surface area contributed by atoms with Crippen molar-refractivity contribution >= 4 is 44.2 Å². The van der Waals surface area contributed by atoms with Crippen LogP contribution < -0.4 is 9.22 Å². The molecule has 0 bridgehead atoms. The number of hydrogen-bond acceptors (Lipinski definition) is 5. The maximum atomic E-state index is 14.2. The number of amides is 1. The number of hydrogen-bond donors (Lipinski definition) is 1. The van der Waals surface area contributed by atoms with Gasteiger partial charge >= 0.3 is 11.9 Å². The molecule has 2 heterocycles. The highest BCUT2D eigenvalue weighted by molar-refractivity contribution is 7.22. The van der Waals surface area contributed by atoms with Crippen LogP contribution in [0.5, 0.6) is 5.75 Å². The van der Waals surface area contributed by atoms with Crippen molar-refractivity contribution in [3.63, 3.8) is 0 Å². The first-order valence-electron chi connectivity index (χ1n) is 8.37. The van der Waals surface area contributed by atoms with E-state index in [0.717, 1.165) is 23.0 Å². The first-order valence-corrected chi connectivity index (χ1v) is 9.19.